The van der Waals surface area contributed by atoms with E-state index >= 15 is 0 Å². The van der Waals surface area contributed by atoms with E-state index in [1.165, 1.54) is 0 Å². The Labute approximate surface area is 162 Å². The lowest BCUT2D eigenvalue weighted by atomic mass is 10.2. The molecule has 5 nitrogen and oxygen atoms in total. The second kappa shape index (κ2) is 12.9. The summed E-state index contributed by atoms with van der Waals surface area (Å²) in [6.07, 6.45) is 6.18. The highest BCUT2D eigenvalue weighted by molar-refractivity contribution is 5.44. The minimum atomic E-state index is 0.272. The van der Waals surface area contributed by atoms with Gasteiger partial charge in [-0.05, 0) is 74.2 Å². The van der Waals surface area contributed by atoms with Crippen LogP contribution in [0.3, 0.4) is 0 Å². The maximum Gasteiger partial charge on any atom is 0.119 e. The van der Waals surface area contributed by atoms with Gasteiger partial charge in [0.2, 0.25) is 0 Å². The van der Waals surface area contributed by atoms with E-state index in [4.69, 9.17) is 14.6 Å². The van der Waals surface area contributed by atoms with Crippen molar-refractivity contribution in [1.82, 2.24) is 0 Å². The highest BCUT2D eigenvalue weighted by atomic mass is 16.5. The maximum atomic E-state index is 8.74. The minimum absolute atomic E-state index is 0.272. The van der Waals surface area contributed by atoms with Crippen LogP contribution in [0.25, 0.3) is 0 Å². The summed E-state index contributed by atoms with van der Waals surface area (Å²) in [6, 6.07) is 15.3. The van der Waals surface area contributed by atoms with Crippen molar-refractivity contribution in [3.63, 3.8) is 0 Å². The number of hydrogen-bond donors (Lipinski definition) is 1. The smallest absolute Gasteiger partial charge is 0.119 e. The molecule has 146 valence electrons. The normalized spacial score (nSPS) is 11.0. The van der Waals surface area contributed by atoms with Crippen LogP contribution in [0.4, 0.5) is 11.4 Å². The Morgan fingerprint density at radius 3 is 1.63 bits per heavy atom. The number of aliphatic hydroxyl groups excluding tert-OH is 1. The zero-order chi connectivity index (χ0) is 19.2. The van der Waals surface area contributed by atoms with Gasteiger partial charge in [0, 0.05) is 6.61 Å². The molecule has 0 saturated heterocycles. The van der Waals surface area contributed by atoms with Crippen molar-refractivity contribution < 1.29 is 14.6 Å². The predicted octanol–water partition coefficient (Wildman–Crippen LogP) is 6.21. The lowest BCUT2D eigenvalue weighted by Crippen LogP contribution is -1.97. The Morgan fingerprint density at radius 1 is 0.667 bits per heavy atom. The number of ether oxygens (including phenoxy) is 2. The van der Waals surface area contributed by atoms with Crippen molar-refractivity contribution >= 4 is 11.4 Å². The molecule has 5 heteroatoms. The highest BCUT2D eigenvalue weighted by Gasteiger charge is 1.97. The third kappa shape index (κ3) is 8.69. The molecule has 0 amide bonds. The lowest BCUT2D eigenvalue weighted by molar-refractivity contribution is 0.273. The van der Waals surface area contributed by atoms with Crippen LogP contribution >= 0.6 is 0 Å². The largest absolute Gasteiger partial charge is 0.494 e. The summed E-state index contributed by atoms with van der Waals surface area (Å²) in [4.78, 5) is 0. The third-order valence-electron chi connectivity index (χ3n) is 4.04. The molecule has 1 N–H and O–H groups in total. The zero-order valence-corrected chi connectivity index (χ0v) is 16.1. The molecule has 2 rings (SSSR count). The van der Waals surface area contributed by atoms with Gasteiger partial charge in [0.25, 0.3) is 0 Å². The van der Waals surface area contributed by atoms with Crippen molar-refractivity contribution in [2.75, 3.05) is 19.8 Å². The van der Waals surface area contributed by atoms with Gasteiger partial charge in [-0.3, -0.25) is 0 Å². The molecule has 0 radical (unpaired) electrons. The first-order chi connectivity index (χ1) is 13.3. The fourth-order valence-corrected chi connectivity index (χ4v) is 2.43. The summed E-state index contributed by atoms with van der Waals surface area (Å²) in [6.45, 7) is 3.85. The first-order valence-corrected chi connectivity index (χ1v) is 9.80. The van der Waals surface area contributed by atoms with Crippen LogP contribution in [0.1, 0.15) is 45.4 Å². The molecule has 0 spiro atoms. The number of rotatable bonds is 13. The first-order valence-electron chi connectivity index (χ1n) is 9.80. The number of hydrogen-bond acceptors (Lipinski definition) is 5. The van der Waals surface area contributed by atoms with E-state index in [0.29, 0.717) is 6.61 Å². The first kappa shape index (κ1) is 20.9. The lowest BCUT2D eigenvalue weighted by Gasteiger charge is -2.06. The second-order valence-corrected chi connectivity index (χ2v) is 6.38. The molecule has 0 fully saturated rings. The molecule has 0 heterocycles. The minimum Gasteiger partial charge on any atom is -0.494 e. The number of aliphatic hydroxyl groups is 1. The summed E-state index contributed by atoms with van der Waals surface area (Å²) in [5.41, 5.74) is 1.58. The quantitative estimate of drug-likeness (QED) is 0.337. The molecule has 0 aliphatic heterocycles. The Bertz CT molecular complexity index is 654. The molecule has 0 unspecified atom stereocenters. The number of azo groups is 1. The summed E-state index contributed by atoms with van der Waals surface area (Å²) >= 11 is 0. The van der Waals surface area contributed by atoms with Gasteiger partial charge in [-0.2, -0.15) is 10.2 Å². The summed E-state index contributed by atoms with van der Waals surface area (Å²) in [5.74, 6) is 1.70. The van der Waals surface area contributed by atoms with Gasteiger partial charge in [-0.15, -0.1) is 0 Å². The van der Waals surface area contributed by atoms with E-state index in [1.54, 1.807) is 0 Å². The van der Waals surface area contributed by atoms with Crippen LogP contribution < -0.4 is 9.47 Å². The van der Waals surface area contributed by atoms with E-state index < -0.39 is 0 Å². The third-order valence-corrected chi connectivity index (χ3v) is 4.04. The Hall–Kier alpha value is -2.40. The molecule has 0 aliphatic rings. The molecule has 0 aliphatic carbocycles. The number of unbranched alkanes of at least 4 members (excludes halogenated alkanes) is 4. The maximum absolute atomic E-state index is 8.74. The van der Waals surface area contributed by atoms with Gasteiger partial charge in [0.1, 0.15) is 11.5 Å². The Morgan fingerprint density at radius 2 is 1.15 bits per heavy atom. The zero-order valence-electron chi connectivity index (χ0n) is 16.1. The van der Waals surface area contributed by atoms with E-state index in [-0.39, 0.29) is 6.61 Å². The fraction of sp³-hybridized carbons (Fsp3) is 0.455. The molecule has 0 aromatic heterocycles. The van der Waals surface area contributed by atoms with Gasteiger partial charge in [-0.1, -0.05) is 19.8 Å². The predicted molar refractivity (Wildman–Crippen MR) is 109 cm³/mol. The number of benzene rings is 2. The van der Waals surface area contributed by atoms with Crippen LogP contribution in [-0.2, 0) is 0 Å². The van der Waals surface area contributed by atoms with Crippen molar-refractivity contribution in [2.45, 2.75) is 45.4 Å². The van der Waals surface area contributed by atoms with E-state index in [9.17, 15) is 0 Å². The van der Waals surface area contributed by atoms with Gasteiger partial charge in [0.15, 0.2) is 0 Å². The van der Waals surface area contributed by atoms with Crippen LogP contribution in [0.2, 0.25) is 0 Å². The SMILES string of the molecule is CCCCOc1ccc(N=Nc2ccc(OCCCCCCO)cc2)cc1. The van der Waals surface area contributed by atoms with Crippen molar-refractivity contribution in [1.29, 1.82) is 0 Å². The van der Waals surface area contributed by atoms with E-state index in [1.807, 2.05) is 48.5 Å². The van der Waals surface area contributed by atoms with Gasteiger partial charge >= 0.3 is 0 Å². The van der Waals surface area contributed by atoms with Crippen molar-refractivity contribution in [3.8, 4) is 11.5 Å². The van der Waals surface area contributed by atoms with Gasteiger partial charge < -0.3 is 14.6 Å². The summed E-state index contributed by atoms with van der Waals surface area (Å²) in [7, 11) is 0. The molecular formula is C22H30N2O3. The number of nitrogens with zero attached hydrogens (tertiary/aromatic N) is 2. The molecule has 0 atom stereocenters. The van der Waals surface area contributed by atoms with E-state index in [2.05, 4.69) is 17.2 Å². The van der Waals surface area contributed by atoms with Crippen LogP contribution in [-0.4, -0.2) is 24.9 Å². The molecule has 2 aromatic rings. The highest BCUT2D eigenvalue weighted by Crippen LogP contribution is 2.23. The molecular weight excluding hydrogens is 340 g/mol. The Kier molecular flexibility index (Phi) is 9.97. The fourth-order valence-electron chi connectivity index (χ4n) is 2.43. The van der Waals surface area contributed by atoms with Crippen LogP contribution in [0.5, 0.6) is 11.5 Å². The summed E-state index contributed by atoms with van der Waals surface area (Å²) in [5, 5.41) is 17.3. The van der Waals surface area contributed by atoms with Crippen molar-refractivity contribution in [2.24, 2.45) is 10.2 Å². The monoisotopic (exact) mass is 370 g/mol. The second-order valence-electron chi connectivity index (χ2n) is 6.38. The molecule has 0 saturated carbocycles. The van der Waals surface area contributed by atoms with Gasteiger partial charge in [0.05, 0.1) is 24.6 Å². The van der Waals surface area contributed by atoms with E-state index in [0.717, 1.165) is 68.0 Å². The topological polar surface area (TPSA) is 63.4 Å². The van der Waals surface area contributed by atoms with Crippen LogP contribution in [0.15, 0.2) is 58.8 Å². The molecule has 0 bridgehead atoms. The average molecular weight is 370 g/mol. The van der Waals surface area contributed by atoms with Crippen LogP contribution in [0, 0.1) is 0 Å². The van der Waals surface area contributed by atoms with Crippen molar-refractivity contribution in [3.05, 3.63) is 48.5 Å². The summed E-state index contributed by atoms with van der Waals surface area (Å²) < 4.78 is 11.3. The average Bonchev–Trinajstić information content (AvgIpc) is 2.71. The molecule has 2 aromatic carbocycles. The molecule has 27 heavy (non-hydrogen) atoms. The van der Waals surface area contributed by atoms with Gasteiger partial charge in [-0.25, -0.2) is 0 Å². The standard InChI is InChI=1S/C22H30N2O3/c1-2-3-17-26-21-12-8-19(9-13-21)23-24-20-10-14-22(15-11-20)27-18-7-5-4-6-16-25/h8-15,25H,2-7,16-18H2,1H3. The Balaban J connectivity index is 1.74.